The van der Waals surface area contributed by atoms with Crippen molar-refractivity contribution < 1.29 is 66.3 Å². The fourth-order valence-electron chi connectivity index (χ4n) is 6.50. The van der Waals surface area contributed by atoms with E-state index in [0.29, 0.717) is 31.5 Å². The smallest absolute Gasteiger partial charge is 0.462 e. The Morgan fingerprint density at radius 1 is 0.623 bits per heavy atom. The molecular formula is C45H82O14P2. The van der Waals surface area contributed by atoms with Crippen LogP contribution in [0.1, 0.15) is 181 Å². The van der Waals surface area contributed by atoms with Gasteiger partial charge in [0, 0.05) is 12.8 Å². The Kier molecular flexibility index (Phi) is 34.4. The molecule has 0 saturated carbocycles. The molecule has 1 aliphatic rings. The summed E-state index contributed by atoms with van der Waals surface area (Å²) in [6.07, 6.45) is 36.1. The van der Waals surface area contributed by atoms with Gasteiger partial charge in [0.15, 0.2) is 6.10 Å². The molecule has 0 spiro atoms. The van der Waals surface area contributed by atoms with Gasteiger partial charge in [0.05, 0.1) is 32.0 Å². The van der Waals surface area contributed by atoms with Gasteiger partial charge in [0.25, 0.3) is 0 Å². The highest BCUT2D eigenvalue weighted by Gasteiger charge is 2.36. The van der Waals surface area contributed by atoms with E-state index in [9.17, 15) is 28.7 Å². The summed E-state index contributed by atoms with van der Waals surface area (Å²) in [5.74, 6) is -0.300. The molecule has 0 aliphatic carbocycles. The summed E-state index contributed by atoms with van der Waals surface area (Å²) in [4.78, 5) is 52.8. The normalized spacial score (nSPS) is 17.7. The monoisotopic (exact) mass is 909 g/mol. The molecule has 0 bridgehead atoms. The van der Waals surface area contributed by atoms with Crippen LogP contribution in [-0.2, 0) is 46.5 Å². The summed E-state index contributed by atoms with van der Waals surface area (Å²) in [5.41, 5.74) is 0. The maximum atomic E-state index is 12.7. The zero-order chi connectivity index (χ0) is 45.0. The number of rotatable bonds is 42. The number of hydrogen-bond donors (Lipinski definition) is 4. The molecule has 1 rings (SSSR count). The van der Waals surface area contributed by atoms with Gasteiger partial charge in [-0.1, -0.05) is 160 Å². The molecule has 1 saturated heterocycles. The number of epoxide rings is 1. The van der Waals surface area contributed by atoms with E-state index in [0.717, 1.165) is 44.4 Å². The molecule has 14 nitrogen and oxygen atoms in total. The minimum absolute atomic E-state index is 0.116. The molecule has 1 aliphatic heterocycles. The Bertz CT molecular complexity index is 1300. The fourth-order valence-corrected chi connectivity index (χ4v) is 7.66. The summed E-state index contributed by atoms with van der Waals surface area (Å²) in [7, 11) is -9.69. The summed E-state index contributed by atoms with van der Waals surface area (Å²) < 4.78 is 53.5. The van der Waals surface area contributed by atoms with Crippen molar-refractivity contribution in [3.05, 3.63) is 36.5 Å². The molecule has 1 heterocycles. The first-order chi connectivity index (χ1) is 29.2. The molecule has 0 aromatic rings. The molecule has 3 unspecified atom stereocenters. The number of allylic oxidation sites excluding steroid dienone is 5. The highest BCUT2D eigenvalue weighted by molar-refractivity contribution is 7.47. The molecule has 16 heteroatoms. The third kappa shape index (κ3) is 38.5. The van der Waals surface area contributed by atoms with Crippen LogP contribution in [-0.4, -0.2) is 82.6 Å². The standard InChI is InChI=1S/C45H82O14P2/c1-4-5-25-31-42-43(59-42)32-27-22-18-14-11-12-15-19-23-28-33-44(47)54-37-41(38-57-61(52,53)56-36-40(46)35-55-60(49,50)51)58-45(48)34-29-24-20-16-10-8-6-7-9-13-17-21-26-30-39(2)3/h11,14-15,19,22,27,39-43,46H,4-10,12-13,16-18,20-21,23-26,28-38H2,1-3H3,(H,52,53)(H2,49,50,51)/b14-11-,19-15-,27-22-/t40-,41+,42?,43?/m0/s1. The number of aliphatic hydroxyl groups is 1. The molecule has 356 valence electrons. The Hall–Kier alpha value is -1.70. The van der Waals surface area contributed by atoms with Crippen molar-refractivity contribution in [1.82, 2.24) is 0 Å². The van der Waals surface area contributed by atoms with E-state index in [4.69, 9.17) is 28.5 Å². The number of unbranched alkanes of at least 4 members (excludes halogenated alkanes) is 15. The summed E-state index contributed by atoms with van der Waals surface area (Å²) in [5, 5.41) is 9.76. The molecule has 4 N–H and O–H groups in total. The highest BCUT2D eigenvalue weighted by atomic mass is 31.2. The first kappa shape index (κ1) is 57.3. The van der Waals surface area contributed by atoms with Crippen LogP contribution >= 0.6 is 15.6 Å². The van der Waals surface area contributed by atoms with E-state index >= 15 is 0 Å². The summed E-state index contributed by atoms with van der Waals surface area (Å²) >= 11 is 0. The van der Waals surface area contributed by atoms with Gasteiger partial charge in [-0.15, -0.1) is 0 Å². The van der Waals surface area contributed by atoms with Gasteiger partial charge in [-0.2, -0.15) is 0 Å². The number of carbonyl (C=O) groups excluding carboxylic acids is 2. The van der Waals surface area contributed by atoms with Crippen LogP contribution in [0, 0.1) is 5.92 Å². The molecular weight excluding hydrogens is 826 g/mol. The number of aliphatic hydroxyl groups excluding tert-OH is 1. The van der Waals surface area contributed by atoms with Gasteiger partial charge in [-0.25, -0.2) is 9.13 Å². The SMILES string of the molecule is CCCCCC1OC1C/C=C\C/C=C\C/C=C\CCCC(=O)OC[C@H](COP(=O)(O)OC[C@@H](O)COP(=O)(O)O)OC(=O)CCCCCCCCCCCCCCCC(C)C. The lowest BCUT2D eigenvalue weighted by atomic mass is 10.0. The number of carbonyl (C=O) groups is 2. The number of phosphoric acid groups is 2. The van der Waals surface area contributed by atoms with E-state index in [1.54, 1.807) is 0 Å². The second-order valence-electron chi connectivity index (χ2n) is 16.5. The van der Waals surface area contributed by atoms with E-state index in [1.807, 2.05) is 12.2 Å². The lowest BCUT2D eigenvalue weighted by molar-refractivity contribution is -0.161. The van der Waals surface area contributed by atoms with Gasteiger partial charge in [0.2, 0.25) is 0 Å². The summed E-state index contributed by atoms with van der Waals surface area (Å²) in [6.45, 7) is 4.00. The van der Waals surface area contributed by atoms with Crippen LogP contribution in [0.25, 0.3) is 0 Å². The molecule has 0 aromatic carbocycles. The third-order valence-electron chi connectivity index (χ3n) is 10.1. The zero-order valence-corrected chi connectivity index (χ0v) is 39.4. The van der Waals surface area contributed by atoms with Gasteiger partial charge in [-0.3, -0.25) is 23.2 Å². The number of hydrogen-bond acceptors (Lipinski definition) is 11. The first-order valence-corrected chi connectivity index (χ1v) is 26.2. The van der Waals surface area contributed by atoms with Gasteiger partial charge in [-0.05, 0) is 50.9 Å². The van der Waals surface area contributed by atoms with Crippen molar-refractivity contribution in [2.45, 2.75) is 206 Å². The predicted octanol–water partition coefficient (Wildman–Crippen LogP) is 10.9. The maximum absolute atomic E-state index is 12.7. The van der Waals surface area contributed by atoms with E-state index < -0.39 is 66.2 Å². The molecule has 0 amide bonds. The van der Waals surface area contributed by atoms with E-state index in [2.05, 4.69) is 54.1 Å². The van der Waals surface area contributed by atoms with Crippen molar-refractivity contribution in [1.29, 1.82) is 0 Å². The predicted molar refractivity (Wildman–Crippen MR) is 239 cm³/mol. The molecule has 0 aromatic heterocycles. The first-order valence-electron chi connectivity index (χ1n) is 23.2. The van der Waals surface area contributed by atoms with Crippen LogP contribution in [0.15, 0.2) is 36.5 Å². The zero-order valence-electron chi connectivity index (χ0n) is 37.6. The minimum atomic E-state index is -4.87. The molecule has 61 heavy (non-hydrogen) atoms. The lowest BCUT2D eigenvalue weighted by Gasteiger charge is -2.20. The van der Waals surface area contributed by atoms with Gasteiger partial charge < -0.3 is 34.0 Å². The largest absolute Gasteiger partial charge is 0.472 e. The van der Waals surface area contributed by atoms with Crippen LogP contribution < -0.4 is 0 Å². The number of phosphoric ester groups is 2. The quantitative estimate of drug-likeness (QED) is 0.0148. The second kappa shape index (κ2) is 36.6. The Labute approximate surface area is 367 Å². The van der Waals surface area contributed by atoms with E-state index in [1.165, 1.54) is 89.9 Å². The molecule has 1 fully saturated rings. The number of ether oxygens (including phenoxy) is 3. The van der Waals surface area contributed by atoms with Gasteiger partial charge >= 0.3 is 27.6 Å². The molecule has 5 atom stereocenters. The lowest BCUT2D eigenvalue weighted by Crippen LogP contribution is -2.30. The van der Waals surface area contributed by atoms with Crippen molar-refractivity contribution in [2.75, 3.05) is 26.4 Å². The van der Waals surface area contributed by atoms with Crippen LogP contribution in [0.2, 0.25) is 0 Å². The average molecular weight is 909 g/mol. The van der Waals surface area contributed by atoms with Crippen molar-refractivity contribution in [3.63, 3.8) is 0 Å². The summed E-state index contributed by atoms with van der Waals surface area (Å²) in [6, 6.07) is 0. The maximum Gasteiger partial charge on any atom is 0.472 e. The number of esters is 2. The van der Waals surface area contributed by atoms with Crippen LogP contribution in [0.3, 0.4) is 0 Å². The highest BCUT2D eigenvalue weighted by Crippen LogP contribution is 2.44. The Morgan fingerprint density at radius 3 is 1.77 bits per heavy atom. The van der Waals surface area contributed by atoms with Crippen molar-refractivity contribution in [3.8, 4) is 0 Å². The third-order valence-corrected chi connectivity index (χ3v) is 11.6. The van der Waals surface area contributed by atoms with Crippen LogP contribution in [0.4, 0.5) is 0 Å². The minimum Gasteiger partial charge on any atom is -0.462 e. The van der Waals surface area contributed by atoms with Crippen molar-refractivity contribution in [2.24, 2.45) is 5.92 Å². The Balaban J connectivity index is 2.36. The van der Waals surface area contributed by atoms with Crippen LogP contribution in [0.5, 0.6) is 0 Å². The second-order valence-corrected chi connectivity index (χ2v) is 19.2. The van der Waals surface area contributed by atoms with E-state index in [-0.39, 0.29) is 12.8 Å². The Morgan fingerprint density at radius 2 is 1.16 bits per heavy atom. The molecule has 0 radical (unpaired) electrons. The van der Waals surface area contributed by atoms with Gasteiger partial charge in [0.1, 0.15) is 12.7 Å². The van der Waals surface area contributed by atoms with Crippen molar-refractivity contribution >= 4 is 27.6 Å². The fraction of sp³-hybridized carbons (Fsp3) is 0.822. The topological polar surface area (TPSA) is 208 Å². The average Bonchev–Trinajstić information content (AvgIpc) is 3.96.